The molecule has 2 N–H and O–H groups in total. The van der Waals surface area contributed by atoms with Crippen LogP contribution in [0.1, 0.15) is 18.4 Å². The van der Waals surface area contributed by atoms with E-state index in [0.717, 1.165) is 24.9 Å². The minimum absolute atomic E-state index is 0.204. The molecule has 1 heterocycles. The zero-order valence-electron chi connectivity index (χ0n) is 8.62. The Morgan fingerprint density at radius 1 is 1.40 bits per heavy atom. The number of halogens is 1. The highest BCUT2D eigenvalue weighted by Gasteiger charge is 2.22. The van der Waals surface area contributed by atoms with Crippen LogP contribution in [0, 0.1) is 5.82 Å². The Kier molecular flexibility index (Phi) is 3.34. The van der Waals surface area contributed by atoms with E-state index in [0.29, 0.717) is 6.42 Å². The number of aliphatic hydroxyl groups is 1. The van der Waals surface area contributed by atoms with Crippen molar-refractivity contribution in [2.45, 2.75) is 31.4 Å². The van der Waals surface area contributed by atoms with Crippen LogP contribution in [0.2, 0.25) is 0 Å². The number of rotatable bonds is 3. The third-order valence-electron chi connectivity index (χ3n) is 2.92. The Balaban J connectivity index is 1.92. The molecule has 2 nitrogen and oxygen atoms in total. The standard InChI is InChI=1S/C12H16FNO/c13-10-5-3-9(4-6-10)8-12(15)11-2-1-7-14-11/h3-6,11-12,14-15H,1-2,7-8H2. The van der Waals surface area contributed by atoms with Crippen molar-refractivity contribution >= 4 is 0 Å². The molecular weight excluding hydrogens is 193 g/mol. The second kappa shape index (κ2) is 4.73. The molecular formula is C12H16FNO. The summed E-state index contributed by atoms with van der Waals surface area (Å²) in [5.41, 5.74) is 0.984. The summed E-state index contributed by atoms with van der Waals surface area (Å²) in [6.07, 6.45) is 2.39. The SMILES string of the molecule is OC(Cc1ccc(F)cc1)C1CCCN1. The van der Waals surface area contributed by atoms with Gasteiger partial charge in [0, 0.05) is 6.04 Å². The van der Waals surface area contributed by atoms with Crippen molar-refractivity contribution in [2.24, 2.45) is 0 Å². The predicted molar refractivity (Wildman–Crippen MR) is 57.1 cm³/mol. The van der Waals surface area contributed by atoms with E-state index in [4.69, 9.17) is 0 Å². The second-order valence-electron chi connectivity index (χ2n) is 4.10. The van der Waals surface area contributed by atoms with Gasteiger partial charge in [-0.2, -0.15) is 0 Å². The van der Waals surface area contributed by atoms with Gasteiger partial charge >= 0.3 is 0 Å². The van der Waals surface area contributed by atoms with Crippen molar-refractivity contribution in [1.29, 1.82) is 0 Å². The molecule has 1 aliphatic heterocycles. The van der Waals surface area contributed by atoms with Crippen LogP contribution in [0.4, 0.5) is 4.39 Å². The second-order valence-corrected chi connectivity index (χ2v) is 4.10. The molecule has 1 aliphatic rings. The van der Waals surface area contributed by atoms with Gasteiger partial charge in [0.15, 0.2) is 0 Å². The molecule has 0 bridgehead atoms. The molecule has 0 spiro atoms. The molecule has 15 heavy (non-hydrogen) atoms. The minimum Gasteiger partial charge on any atom is -0.391 e. The van der Waals surface area contributed by atoms with E-state index in [-0.39, 0.29) is 18.0 Å². The van der Waals surface area contributed by atoms with Crippen molar-refractivity contribution in [3.8, 4) is 0 Å². The Morgan fingerprint density at radius 2 is 2.13 bits per heavy atom. The van der Waals surface area contributed by atoms with Gasteiger partial charge in [0.25, 0.3) is 0 Å². The molecule has 0 amide bonds. The Morgan fingerprint density at radius 3 is 2.73 bits per heavy atom. The molecule has 1 aromatic rings. The van der Waals surface area contributed by atoms with Gasteiger partial charge in [-0.3, -0.25) is 0 Å². The van der Waals surface area contributed by atoms with Gasteiger partial charge in [0.2, 0.25) is 0 Å². The quantitative estimate of drug-likeness (QED) is 0.790. The van der Waals surface area contributed by atoms with E-state index in [1.807, 2.05) is 0 Å². The molecule has 0 radical (unpaired) electrons. The summed E-state index contributed by atoms with van der Waals surface area (Å²) in [4.78, 5) is 0. The van der Waals surface area contributed by atoms with Crippen molar-refractivity contribution in [3.63, 3.8) is 0 Å². The van der Waals surface area contributed by atoms with Crippen LogP contribution in [0.5, 0.6) is 0 Å². The van der Waals surface area contributed by atoms with E-state index in [1.54, 1.807) is 12.1 Å². The van der Waals surface area contributed by atoms with Gasteiger partial charge in [0.05, 0.1) is 6.10 Å². The Bertz CT molecular complexity index is 306. The van der Waals surface area contributed by atoms with Crippen LogP contribution >= 0.6 is 0 Å². The third kappa shape index (κ3) is 2.76. The van der Waals surface area contributed by atoms with E-state index in [2.05, 4.69) is 5.32 Å². The molecule has 82 valence electrons. The maximum absolute atomic E-state index is 12.7. The van der Waals surface area contributed by atoms with Crippen LogP contribution in [0.15, 0.2) is 24.3 Å². The fraction of sp³-hybridized carbons (Fsp3) is 0.500. The number of benzene rings is 1. The molecule has 1 aromatic carbocycles. The lowest BCUT2D eigenvalue weighted by Crippen LogP contribution is -2.36. The summed E-state index contributed by atoms with van der Waals surface area (Å²) >= 11 is 0. The number of hydrogen-bond donors (Lipinski definition) is 2. The molecule has 1 fully saturated rings. The van der Waals surface area contributed by atoms with Gasteiger partial charge in [-0.1, -0.05) is 12.1 Å². The van der Waals surface area contributed by atoms with Crippen LogP contribution in [-0.4, -0.2) is 23.8 Å². The average molecular weight is 209 g/mol. The number of aliphatic hydroxyl groups excluding tert-OH is 1. The highest BCUT2D eigenvalue weighted by molar-refractivity contribution is 5.17. The van der Waals surface area contributed by atoms with Crippen molar-refractivity contribution in [2.75, 3.05) is 6.54 Å². The largest absolute Gasteiger partial charge is 0.391 e. The van der Waals surface area contributed by atoms with Gasteiger partial charge < -0.3 is 10.4 Å². The molecule has 2 unspecified atom stereocenters. The molecule has 0 saturated carbocycles. The molecule has 2 rings (SSSR count). The molecule has 3 heteroatoms. The first kappa shape index (κ1) is 10.6. The predicted octanol–water partition coefficient (Wildman–Crippen LogP) is 1.48. The van der Waals surface area contributed by atoms with E-state index in [1.165, 1.54) is 12.1 Å². The maximum atomic E-state index is 12.7. The van der Waals surface area contributed by atoms with E-state index < -0.39 is 0 Å². The van der Waals surface area contributed by atoms with Crippen molar-refractivity contribution < 1.29 is 9.50 Å². The summed E-state index contributed by atoms with van der Waals surface area (Å²) < 4.78 is 12.7. The lowest BCUT2D eigenvalue weighted by molar-refractivity contribution is 0.136. The summed E-state index contributed by atoms with van der Waals surface area (Å²) in [7, 11) is 0. The fourth-order valence-electron chi connectivity index (χ4n) is 2.04. The summed E-state index contributed by atoms with van der Waals surface area (Å²) in [5.74, 6) is -0.229. The van der Waals surface area contributed by atoms with E-state index in [9.17, 15) is 9.50 Å². The topological polar surface area (TPSA) is 32.3 Å². The molecule has 0 aliphatic carbocycles. The van der Waals surface area contributed by atoms with Crippen molar-refractivity contribution in [3.05, 3.63) is 35.6 Å². The molecule has 2 atom stereocenters. The zero-order chi connectivity index (χ0) is 10.7. The van der Waals surface area contributed by atoms with Gasteiger partial charge in [0.1, 0.15) is 5.82 Å². The fourth-order valence-corrected chi connectivity index (χ4v) is 2.04. The monoisotopic (exact) mass is 209 g/mol. The highest BCUT2D eigenvalue weighted by Crippen LogP contribution is 2.14. The Labute approximate surface area is 89.1 Å². The zero-order valence-corrected chi connectivity index (χ0v) is 8.62. The number of nitrogens with one attached hydrogen (secondary N) is 1. The lowest BCUT2D eigenvalue weighted by atomic mass is 10.0. The van der Waals surface area contributed by atoms with Gasteiger partial charge in [-0.15, -0.1) is 0 Å². The maximum Gasteiger partial charge on any atom is 0.123 e. The van der Waals surface area contributed by atoms with Crippen LogP contribution in [0.3, 0.4) is 0 Å². The van der Waals surface area contributed by atoms with Gasteiger partial charge in [-0.05, 0) is 43.5 Å². The highest BCUT2D eigenvalue weighted by atomic mass is 19.1. The third-order valence-corrected chi connectivity index (χ3v) is 2.92. The van der Waals surface area contributed by atoms with Crippen molar-refractivity contribution in [1.82, 2.24) is 5.32 Å². The first-order valence-electron chi connectivity index (χ1n) is 5.41. The first-order valence-corrected chi connectivity index (χ1v) is 5.41. The summed E-state index contributed by atoms with van der Waals surface area (Å²) in [5, 5.41) is 13.2. The number of hydrogen-bond acceptors (Lipinski definition) is 2. The molecule has 1 saturated heterocycles. The first-order chi connectivity index (χ1) is 7.25. The van der Waals surface area contributed by atoms with Crippen LogP contribution < -0.4 is 5.32 Å². The molecule has 0 aromatic heterocycles. The van der Waals surface area contributed by atoms with Crippen LogP contribution in [-0.2, 0) is 6.42 Å². The minimum atomic E-state index is -0.363. The Hall–Kier alpha value is -0.930. The average Bonchev–Trinajstić information content (AvgIpc) is 2.74. The lowest BCUT2D eigenvalue weighted by Gasteiger charge is -2.18. The normalized spacial score (nSPS) is 22.9. The van der Waals surface area contributed by atoms with Crippen LogP contribution in [0.25, 0.3) is 0 Å². The van der Waals surface area contributed by atoms with Gasteiger partial charge in [-0.25, -0.2) is 4.39 Å². The smallest absolute Gasteiger partial charge is 0.123 e. The summed E-state index contributed by atoms with van der Waals surface area (Å²) in [6, 6.07) is 6.53. The van der Waals surface area contributed by atoms with E-state index >= 15 is 0 Å². The summed E-state index contributed by atoms with van der Waals surface area (Å²) in [6.45, 7) is 0.991.